The Morgan fingerprint density at radius 1 is 1.10 bits per heavy atom. The maximum Gasteiger partial charge on any atom is 0.255 e. The van der Waals surface area contributed by atoms with E-state index >= 15 is 0 Å². The first-order valence-corrected chi connectivity index (χ1v) is 10.3. The lowest BCUT2D eigenvalue weighted by molar-refractivity contribution is 0.154. The van der Waals surface area contributed by atoms with Crippen LogP contribution in [0.1, 0.15) is 29.5 Å². The molecule has 0 bridgehead atoms. The first-order chi connectivity index (χ1) is 13.9. The van der Waals surface area contributed by atoms with Gasteiger partial charge in [0.2, 0.25) is 0 Å². The van der Waals surface area contributed by atoms with Gasteiger partial charge in [0.1, 0.15) is 0 Å². The van der Waals surface area contributed by atoms with Gasteiger partial charge in [-0.1, -0.05) is 0 Å². The van der Waals surface area contributed by atoms with E-state index in [2.05, 4.69) is 48.3 Å². The molecule has 2 N–H and O–H groups in total. The topological polar surface area (TPSA) is 57.5 Å². The predicted molar refractivity (Wildman–Crippen MR) is 120 cm³/mol. The molecule has 29 heavy (non-hydrogen) atoms. The molecule has 1 saturated heterocycles. The minimum Gasteiger partial charge on any atom is -0.391 e. The van der Waals surface area contributed by atoms with Crippen LogP contribution in [0.25, 0.3) is 10.9 Å². The van der Waals surface area contributed by atoms with Crippen molar-refractivity contribution in [1.29, 1.82) is 0 Å². The maximum absolute atomic E-state index is 12.8. The van der Waals surface area contributed by atoms with E-state index in [1.807, 2.05) is 25.2 Å². The second-order valence-electron chi connectivity index (χ2n) is 8.17. The predicted octanol–water partition coefficient (Wildman–Crippen LogP) is 3.73. The molecule has 0 unspecified atom stereocenters. The van der Waals surface area contributed by atoms with Gasteiger partial charge < -0.3 is 19.9 Å². The molecule has 1 fully saturated rings. The van der Waals surface area contributed by atoms with Crippen molar-refractivity contribution in [2.45, 2.75) is 39.3 Å². The highest BCUT2D eigenvalue weighted by Gasteiger charge is 2.17. The number of aliphatic hydroxyl groups is 1. The molecule has 1 aliphatic rings. The number of β-amino-alcohol motifs (C(OH)–C–C–N with tert-alkyl or cyclic N) is 1. The number of fused-ring (bicyclic) bond motifs is 1. The van der Waals surface area contributed by atoms with Gasteiger partial charge in [-0.05, 0) is 85.7 Å². The number of aliphatic hydroxyl groups excluding tert-OH is 1. The quantitative estimate of drug-likeness (QED) is 0.712. The van der Waals surface area contributed by atoms with Gasteiger partial charge in [0.25, 0.3) is 5.56 Å². The Morgan fingerprint density at radius 3 is 2.55 bits per heavy atom. The molecule has 0 spiro atoms. The van der Waals surface area contributed by atoms with Crippen LogP contribution in [-0.2, 0) is 13.6 Å². The number of hydrogen-bond donors (Lipinski definition) is 2. The Hall–Kier alpha value is -2.79. The average molecular weight is 392 g/mol. The van der Waals surface area contributed by atoms with Crippen molar-refractivity contribution < 1.29 is 5.11 Å². The van der Waals surface area contributed by atoms with E-state index in [0.717, 1.165) is 47.2 Å². The summed E-state index contributed by atoms with van der Waals surface area (Å²) < 4.78 is 1.74. The van der Waals surface area contributed by atoms with Crippen molar-refractivity contribution in [3.63, 3.8) is 0 Å². The summed E-state index contributed by atoms with van der Waals surface area (Å²) in [5.41, 5.74) is 6.29. The van der Waals surface area contributed by atoms with Crippen molar-refractivity contribution in [2.75, 3.05) is 23.3 Å². The highest BCUT2D eigenvalue weighted by molar-refractivity contribution is 5.81. The highest BCUT2D eigenvalue weighted by atomic mass is 16.3. The molecular weight excluding hydrogens is 362 g/mol. The lowest BCUT2D eigenvalue weighted by Gasteiger charge is -2.32. The molecule has 0 aliphatic carbocycles. The molecule has 0 saturated carbocycles. The molecule has 1 aromatic heterocycles. The molecule has 0 amide bonds. The Morgan fingerprint density at radius 2 is 1.83 bits per heavy atom. The zero-order chi connectivity index (χ0) is 20.5. The van der Waals surface area contributed by atoms with Crippen LogP contribution in [0.3, 0.4) is 0 Å². The zero-order valence-electron chi connectivity index (χ0n) is 17.4. The fourth-order valence-electron chi connectivity index (χ4n) is 4.11. The van der Waals surface area contributed by atoms with Crippen LogP contribution < -0.4 is 15.8 Å². The number of nitrogens with one attached hydrogen (secondary N) is 1. The molecule has 0 radical (unpaired) electrons. The van der Waals surface area contributed by atoms with Gasteiger partial charge in [0, 0.05) is 43.6 Å². The van der Waals surface area contributed by atoms with Gasteiger partial charge >= 0.3 is 0 Å². The van der Waals surface area contributed by atoms with Crippen molar-refractivity contribution in [3.8, 4) is 0 Å². The van der Waals surface area contributed by atoms with Crippen LogP contribution in [0, 0.1) is 13.8 Å². The number of benzene rings is 2. The van der Waals surface area contributed by atoms with E-state index < -0.39 is 0 Å². The van der Waals surface area contributed by atoms with Crippen LogP contribution >= 0.6 is 0 Å². The van der Waals surface area contributed by atoms with Crippen LogP contribution in [0.5, 0.6) is 0 Å². The Bertz CT molecular complexity index is 1090. The summed E-state index contributed by atoms with van der Waals surface area (Å²) in [6, 6.07) is 14.5. The molecule has 152 valence electrons. The number of aryl methyl sites for hydroxylation is 3. The summed E-state index contributed by atoms with van der Waals surface area (Å²) in [6.45, 7) is 6.33. The Balaban J connectivity index is 1.51. The van der Waals surface area contributed by atoms with Crippen LogP contribution in [0.2, 0.25) is 0 Å². The fourth-order valence-corrected chi connectivity index (χ4v) is 4.11. The zero-order valence-corrected chi connectivity index (χ0v) is 17.4. The van der Waals surface area contributed by atoms with Gasteiger partial charge in [-0.15, -0.1) is 0 Å². The molecule has 2 aromatic carbocycles. The molecule has 3 aromatic rings. The smallest absolute Gasteiger partial charge is 0.255 e. The first-order valence-electron chi connectivity index (χ1n) is 10.3. The third kappa shape index (κ3) is 4.01. The lowest BCUT2D eigenvalue weighted by atomic mass is 10.0. The summed E-state index contributed by atoms with van der Waals surface area (Å²) in [5, 5.41) is 14.3. The van der Waals surface area contributed by atoms with Crippen LogP contribution in [-0.4, -0.2) is 28.9 Å². The van der Waals surface area contributed by atoms with Crippen LogP contribution in [0.15, 0.2) is 47.3 Å². The van der Waals surface area contributed by atoms with E-state index in [4.69, 9.17) is 0 Å². The van der Waals surface area contributed by atoms with E-state index in [1.54, 1.807) is 4.57 Å². The third-order valence-corrected chi connectivity index (χ3v) is 6.03. The fraction of sp³-hybridized carbons (Fsp3) is 0.375. The van der Waals surface area contributed by atoms with Crippen molar-refractivity contribution in [2.24, 2.45) is 7.05 Å². The van der Waals surface area contributed by atoms with Gasteiger partial charge in [0.05, 0.1) is 11.6 Å². The van der Waals surface area contributed by atoms with Gasteiger partial charge in [-0.25, -0.2) is 0 Å². The van der Waals surface area contributed by atoms with E-state index in [-0.39, 0.29) is 11.7 Å². The first kappa shape index (κ1) is 19.5. The number of rotatable bonds is 4. The lowest BCUT2D eigenvalue weighted by Crippen LogP contribution is -2.38. The second-order valence-corrected chi connectivity index (χ2v) is 8.17. The van der Waals surface area contributed by atoms with Gasteiger partial charge in [-0.3, -0.25) is 4.79 Å². The van der Waals surface area contributed by atoms with Crippen LogP contribution in [0.4, 0.5) is 11.4 Å². The highest BCUT2D eigenvalue weighted by Crippen LogP contribution is 2.23. The van der Waals surface area contributed by atoms with E-state index in [9.17, 15) is 9.90 Å². The van der Waals surface area contributed by atoms with E-state index in [1.165, 1.54) is 11.1 Å². The summed E-state index contributed by atoms with van der Waals surface area (Å²) in [7, 11) is 1.84. The molecule has 5 nitrogen and oxygen atoms in total. The number of anilines is 2. The number of aromatic nitrogens is 1. The number of piperidine rings is 1. The molecule has 5 heteroatoms. The molecule has 2 heterocycles. The molecular formula is C24H29N3O2. The minimum absolute atomic E-state index is 0.0344. The number of pyridine rings is 1. The SMILES string of the molecule is Cc1cc2cc(CNc3ccc(N4CCC[C@@H](O)C4)cc3)c(=O)n(C)c2cc1C. The largest absolute Gasteiger partial charge is 0.391 e. The third-order valence-electron chi connectivity index (χ3n) is 6.03. The van der Waals surface area contributed by atoms with Gasteiger partial charge in [-0.2, -0.15) is 0 Å². The van der Waals surface area contributed by atoms with Gasteiger partial charge in [0.15, 0.2) is 0 Å². The molecule has 1 atom stereocenters. The Kier molecular flexibility index (Phi) is 5.33. The summed E-state index contributed by atoms with van der Waals surface area (Å²) >= 11 is 0. The molecule has 1 aliphatic heterocycles. The number of nitrogens with zero attached hydrogens (tertiary/aromatic N) is 2. The average Bonchev–Trinajstić information content (AvgIpc) is 2.72. The maximum atomic E-state index is 12.8. The van der Waals surface area contributed by atoms with Crippen molar-refractivity contribution in [3.05, 3.63) is 69.5 Å². The second kappa shape index (κ2) is 7.91. The van der Waals surface area contributed by atoms with Crippen molar-refractivity contribution >= 4 is 22.3 Å². The summed E-state index contributed by atoms with van der Waals surface area (Å²) in [5.74, 6) is 0. The van der Waals surface area contributed by atoms with Crippen molar-refractivity contribution in [1.82, 2.24) is 4.57 Å². The number of hydrogen-bond acceptors (Lipinski definition) is 4. The Labute approximate surface area is 171 Å². The van der Waals surface area contributed by atoms with E-state index in [0.29, 0.717) is 13.1 Å². The standard InChI is InChI=1S/C24H29N3O2/c1-16-11-18-13-19(24(29)26(3)23(18)12-17(16)2)14-25-20-6-8-21(9-7-20)27-10-4-5-22(28)15-27/h6-9,11-13,22,25,28H,4-5,10,14-15H2,1-3H3/t22-/m1/s1. The summed E-state index contributed by atoms with van der Waals surface area (Å²) in [6.07, 6.45) is 1.67. The minimum atomic E-state index is -0.238. The summed E-state index contributed by atoms with van der Waals surface area (Å²) in [4.78, 5) is 15.0. The monoisotopic (exact) mass is 391 g/mol. The molecule has 4 rings (SSSR count). The normalized spacial score (nSPS) is 17.0.